The molecule has 0 bridgehead atoms. The molecule has 1 amide bonds. The van der Waals surface area contributed by atoms with E-state index >= 15 is 0 Å². The van der Waals surface area contributed by atoms with Crippen LogP contribution in [0.25, 0.3) is 0 Å². The van der Waals surface area contributed by atoms with Crippen LogP contribution < -0.4 is 10.6 Å². The smallest absolute Gasteiger partial charge is 0.255 e. The molecular weight excluding hydrogens is 342 g/mol. The second-order valence-electron chi connectivity index (χ2n) is 4.50. The first-order valence-corrected chi connectivity index (χ1v) is 6.96. The third-order valence-electron chi connectivity index (χ3n) is 2.93. The van der Waals surface area contributed by atoms with Crippen molar-refractivity contribution in [3.8, 4) is 0 Å². The van der Waals surface area contributed by atoms with Gasteiger partial charge in [0.1, 0.15) is 17.3 Å². The number of benzene rings is 2. The molecule has 0 radical (unpaired) electrons. The zero-order chi connectivity index (χ0) is 15.6. The largest absolute Gasteiger partial charge is 0.383 e. The summed E-state index contributed by atoms with van der Waals surface area (Å²) in [7, 11) is 1.41. The molecule has 0 unspecified atom stereocenters. The van der Waals surface area contributed by atoms with Crippen molar-refractivity contribution in [1.29, 1.82) is 0 Å². The first kappa shape index (κ1) is 15.4. The lowest BCUT2D eigenvalue weighted by atomic mass is 10.1. The molecule has 110 valence electrons. The second-order valence-corrected chi connectivity index (χ2v) is 5.36. The predicted octanol–water partition coefficient (Wildman–Crippen LogP) is 4.33. The summed E-state index contributed by atoms with van der Waals surface area (Å²) in [6.07, 6.45) is 0. The van der Waals surface area contributed by atoms with Gasteiger partial charge in [-0.25, -0.2) is 8.78 Å². The summed E-state index contributed by atoms with van der Waals surface area (Å²) >= 11 is 3.33. The fourth-order valence-electron chi connectivity index (χ4n) is 1.86. The first-order valence-electron chi connectivity index (χ1n) is 6.16. The van der Waals surface area contributed by atoms with Gasteiger partial charge in [0.15, 0.2) is 0 Å². The molecule has 0 aromatic heterocycles. The SMILES string of the molecule is CNc1c(F)cc(C(=O)Nc2ccc(C)cc2Br)cc1F. The third kappa shape index (κ3) is 3.39. The summed E-state index contributed by atoms with van der Waals surface area (Å²) < 4.78 is 28.0. The molecule has 0 heterocycles. The molecule has 3 nitrogen and oxygen atoms in total. The number of anilines is 2. The highest BCUT2D eigenvalue weighted by Gasteiger charge is 2.15. The van der Waals surface area contributed by atoms with Gasteiger partial charge in [0.05, 0.1) is 5.69 Å². The van der Waals surface area contributed by atoms with Crippen molar-refractivity contribution in [2.75, 3.05) is 17.7 Å². The van der Waals surface area contributed by atoms with E-state index in [0.717, 1.165) is 17.7 Å². The van der Waals surface area contributed by atoms with Crippen molar-refractivity contribution in [1.82, 2.24) is 0 Å². The van der Waals surface area contributed by atoms with Gasteiger partial charge < -0.3 is 10.6 Å². The van der Waals surface area contributed by atoms with E-state index in [9.17, 15) is 13.6 Å². The number of amides is 1. The predicted molar refractivity (Wildman–Crippen MR) is 82.7 cm³/mol. The molecule has 0 aliphatic carbocycles. The summed E-state index contributed by atoms with van der Waals surface area (Å²) in [4.78, 5) is 12.1. The number of hydrogen-bond donors (Lipinski definition) is 2. The van der Waals surface area contributed by atoms with Crippen LogP contribution in [0.5, 0.6) is 0 Å². The fourth-order valence-corrected chi connectivity index (χ4v) is 2.45. The Hall–Kier alpha value is -1.95. The van der Waals surface area contributed by atoms with Gasteiger partial charge in [-0.05, 0) is 52.7 Å². The topological polar surface area (TPSA) is 41.1 Å². The Morgan fingerprint density at radius 2 is 1.76 bits per heavy atom. The van der Waals surface area contributed by atoms with Crippen LogP contribution in [0.15, 0.2) is 34.8 Å². The zero-order valence-electron chi connectivity index (χ0n) is 11.4. The minimum absolute atomic E-state index is 0.0866. The van der Waals surface area contributed by atoms with Gasteiger partial charge in [-0.3, -0.25) is 4.79 Å². The van der Waals surface area contributed by atoms with Gasteiger partial charge in [0, 0.05) is 17.1 Å². The minimum atomic E-state index is -0.814. The van der Waals surface area contributed by atoms with E-state index in [2.05, 4.69) is 26.6 Å². The number of hydrogen-bond acceptors (Lipinski definition) is 2. The van der Waals surface area contributed by atoms with Crippen molar-refractivity contribution in [3.63, 3.8) is 0 Å². The van der Waals surface area contributed by atoms with Crippen LogP contribution in [0.2, 0.25) is 0 Å². The lowest BCUT2D eigenvalue weighted by Crippen LogP contribution is -2.13. The average molecular weight is 355 g/mol. The van der Waals surface area contributed by atoms with E-state index in [1.807, 2.05) is 19.1 Å². The molecule has 2 N–H and O–H groups in total. The van der Waals surface area contributed by atoms with Gasteiger partial charge in [-0.2, -0.15) is 0 Å². The lowest BCUT2D eigenvalue weighted by molar-refractivity contribution is 0.102. The maximum atomic E-state index is 13.7. The number of rotatable bonds is 3. The molecule has 0 aliphatic rings. The Kier molecular flexibility index (Phi) is 4.57. The molecule has 0 saturated carbocycles. The van der Waals surface area contributed by atoms with Gasteiger partial charge in [0.2, 0.25) is 0 Å². The molecule has 0 saturated heterocycles. The molecule has 0 atom stereocenters. The molecular formula is C15H13BrF2N2O. The number of aryl methyl sites for hydroxylation is 1. The fraction of sp³-hybridized carbons (Fsp3) is 0.133. The Balaban J connectivity index is 2.28. The Bertz CT molecular complexity index is 681. The number of carbonyl (C=O) groups is 1. The van der Waals surface area contributed by atoms with E-state index in [4.69, 9.17) is 0 Å². The number of halogens is 3. The van der Waals surface area contributed by atoms with Crippen molar-refractivity contribution in [3.05, 3.63) is 57.6 Å². The highest BCUT2D eigenvalue weighted by molar-refractivity contribution is 9.10. The molecule has 0 spiro atoms. The minimum Gasteiger partial charge on any atom is -0.383 e. The first-order chi connectivity index (χ1) is 9.92. The average Bonchev–Trinajstić information content (AvgIpc) is 2.41. The number of nitrogens with one attached hydrogen (secondary N) is 2. The maximum absolute atomic E-state index is 13.7. The third-order valence-corrected chi connectivity index (χ3v) is 3.58. The standard InChI is InChI=1S/C15H13BrF2N2O/c1-8-3-4-13(10(16)5-8)20-15(21)9-6-11(17)14(19-2)12(18)7-9/h3-7,19H,1-2H3,(H,20,21). The molecule has 0 aliphatic heterocycles. The lowest BCUT2D eigenvalue weighted by Gasteiger charge is -2.10. The molecule has 6 heteroatoms. The van der Waals surface area contributed by atoms with Gasteiger partial charge in [-0.15, -0.1) is 0 Å². The van der Waals surface area contributed by atoms with Crippen LogP contribution in [0.4, 0.5) is 20.2 Å². The zero-order valence-corrected chi connectivity index (χ0v) is 13.0. The Morgan fingerprint density at radius 3 is 2.29 bits per heavy atom. The van der Waals surface area contributed by atoms with Crippen LogP contribution in [-0.2, 0) is 0 Å². The van der Waals surface area contributed by atoms with E-state index < -0.39 is 17.5 Å². The monoisotopic (exact) mass is 354 g/mol. The molecule has 21 heavy (non-hydrogen) atoms. The molecule has 2 aromatic carbocycles. The maximum Gasteiger partial charge on any atom is 0.255 e. The van der Waals surface area contributed by atoms with E-state index in [0.29, 0.717) is 10.2 Å². The molecule has 2 rings (SSSR count). The highest BCUT2D eigenvalue weighted by Crippen LogP contribution is 2.25. The van der Waals surface area contributed by atoms with Crippen LogP contribution >= 0.6 is 15.9 Å². The van der Waals surface area contributed by atoms with Gasteiger partial charge in [0.25, 0.3) is 5.91 Å². The summed E-state index contributed by atoms with van der Waals surface area (Å²) in [6.45, 7) is 1.91. The van der Waals surface area contributed by atoms with Gasteiger partial charge in [-0.1, -0.05) is 6.07 Å². The van der Waals surface area contributed by atoms with E-state index in [1.54, 1.807) is 6.07 Å². The summed E-state index contributed by atoms with van der Waals surface area (Å²) in [5.74, 6) is -2.21. The van der Waals surface area contributed by atoms with E-state index in [-0.39, 0.29) is 11.3 Å². The molecule has 2 aromatic rings. The summed E-state index contributed by atoms with van der Waals surface area (Å²) in [6, 6.07) is 7.36. The molecule has 0 fully saturated rings. The quantitative estimate of drug-likeness (QED) is 0.861. The normalized spacial score (nSPS) is 10.3. The Labute approximate surface area is 129 Å². The van der Waals surface area contributed by atoms with Crippen LogP contribution in [-0.4, -0.2) is 13.0 Å². The van der Waals surface area contributed by atoms with Crippen molar-refractivity contribution in [2.24, 2.45) is 0 Å². The van der Waals surface area contributed by atoms with Gasteiger partial charge >= 0.3 is 0 Å². The Morgan fingerprint density at radius 1 is 1.14 bits per heavy atom. The summed E-state index contributed by atoms with van der Waals surface area (Å²) in [5.41, 5.74) is 1.21. The second kappa shape index (κ2) is 6.22. The van der Waals surface area contributed by atoms with E-state index in [1.165, 1.54) is 7.05 Å². The van der Waals surface area contributed by atoms with Crippen molar-refractivity contribution < 1.29 is 13.6 Å². The van der Waals surface area contributed by atoms with Crippen LogP contribution in [0.1, 0.15) is 15.9 Å². The highest BCUT2D eigenvalue weighted by atomic mass is 79.9. The van der Waals surface area contributed by atoms with Crippen molar-refractivity contribution >= 4 is 33.2 Å². The van der Waals surface area contributed by atoms with Crippen molar-refractivity contribution in [2.45, 2.75) is 6.92 Å². The van der Waals surface area contributed by atoms with Crippen LogP contribution in [0, 0.1) is 18.6 Å². The number of carbonyl (C=O) groups excluding carboxylic acids is 1. The summed E-state index contributed by atoms with van der Waals surface area (Å²) in [5, 5.41) is 5.01. The van der Waals surface area contributed by atoms with Crippen LogP contribution in [0.3, 0.4) is 0 Å².